The van der Waals surface area contributed by atoms with Crippen molar-refractivity contribution in [3.05, 3.63) is 27.6 Å². The number of nitrogens with zero attached hydrogens (tertiary/aromatic N) is 2. The number of aryl methyl sites for hydroxylation is 1. The predicted octanol–water partition coefficient (Wildman–Crippen LogP) is 2.34. The summed E-state index contributed by atoms with van der Waals surface area (Å²) in [5.41, 5.74) is 0.779. The molecule has 2 aromatic rings. The molecule has 0 saturated carbocycles. The topological polar surface area (TPSA) is 81.2 Å². The molecule has 6 nitrogen and oxygen atoms in total. The molecule has 0 aliphatic heterocycles. The molecule has 8 heteroatoms. The number of carbonyl (C=O) groups excluding carboxylic acids is 2. The summed E-state index contributed by atoms with van der Waals surface area (Å²) >= 11 is 2.21. The number of esters is 1. The highest BCUT2D eigenvalue weighted by Crippen LogP contribution is 2.27. The van der Waals surface area contributed by atoms with E-state index in [4.69, 9.17) is 4.74 Å². The molecule has 0 unspecified atom stereocenters. The number of ether oxygens (including phenoxy) is 1. The first-order valence-electron chi connectivity index (χ1n) is 5.48. The second-order valence-electron chi connectivity index (χ2n) is 3.58. The van der Waals surface area contributed by atoms with Gasteiger partial charge in [0.1, 0.15) is 9.75 Å². The van der Waals surface area contributed by atoms with Crippen molar-refractivity contribution in [3.8, 4) is 0 Å². The minimum atomic E-state index is -0.370. The molecule has 1 amide bonds. The summed E-state index contributed by atoms with van der Waals surface area (Å²) in [4.78, 5) is 24.4. The van der Waals surface area contributed by atoms with Crippen molar-refractivity contribution in [1.29, 1.82) is 0 Å². The summed E-state index contributed by atoms with van der Waals surface area (Å²) in [6.45, 7) is 3.87. The van der Waals surface area contributed by atoms with Crippen LogP contribution in [0, 0.1) is 6.92 Å². The molecule has 0 atom stereocenters. The fourth-order valence-electron chi connectivity index (χ4n) is 1.38. The maximum absolute atomic E-state index is 11.8. The Balaban J connectivity index is 2.12. The SMILES string of the molecule is CCOC(=O)c1sc(NC(=O)c2cnns2)cc1C. The number of nitrogens with one attached hydrogen (secondary N) is 1. The number of rotatable bonds is 4. The van der Waals surface area contributed by atoms with Crippen molar-refractivity contribution < 1.29 is 14.3 Å². The van der Waals surface area contributed by atoms with Crippen LogP contribution in [0.2, 0.25) is 0 Å². The van der Waals surface area contributed by atoms with Crippen molar-refractivity contribution in [2.45, 2.75) is 13.8 Å². The fourth-order valence-corrected chi connectivity index (χ4v) is 2.76. The van der Waals surface area contributed by atoms with E-state index in [1.807, 2.05) is 0 Å². The number of thiophene rings is 1. The van der Waals surface area contributed by atoms with Crippen LogP contribution in [0.3, 0.4) is 0 Å². The van der Waals surface area contributed by atoms with Crippen molar-refractivity contribution in [3.63, 3.8) is 0 Å². The highest BCUT2D eigenvalue weighted by Gasteiger charge is 2.16. The monoisotopic (exact) mass is 297 g/mol. The first-order chi connectivity index (χ1) is 9.11. The second kappa shape index (κ2) is 5.89. The number of anilines is 1. The van der Waals surface area contributed by atoms with Gasteiger partial charge in [-0.2, -0.15) is 0 Å². The van der Waals surface area contributed by atoms with Gasteiger partial charge in [-0.25, -0.2) is 4.79 Å². The van der Waals surface area contributed by atoms with Crippen molar-refractivity contribution in [1.82, 2.24) is 9.59 Å². The molecule has 2 rings (SSSR count). The van der Waals surface area contributed by atoms with Gasteiger partial charge >= 0.3 is 5.97 Å². The molecular weight excluding hydrogens is 286 g/mol. The van der Waals surface area contributed by atoms with E-state index in [9.17, 15) is 9.59 Å². The smallest absolute Gasteiger partial charge is 0.348 e. The quantitative estimate of drug-likeness (QED) is 0.876. The number of hydrogen-bond acceptors (Lipinski definition) is 7. The van der Waals surface area contributed by atoms with E-state index >= 15 is 0 Å². The Labute approximate surface area is 117 Å². The van der Waals surface area contributed by atoms with Gasteiger partial charge in [-0.3, -0.25) is 4.79 Å². The molecule has 0 aliphatic carbocycles. The summed E-state index contributed by atoms with van der Waals surface area (Å²) in [6, 6.07) is 1.74. The van der Waals surface area contributed by atoms with E-state index in [0.29, 0.717) is 21.4 Å². The zero-order chi connectivity index (χ0) is 13.8. The predicted molar refractivity (Wildman–Crippen MR) is 72.9 cm³/mol. The first kappa shape index (κ1) is 13.6. The molecular formula is C11H11N3O3S2. The van der Waals surface area contributed by atoms with Gasteiger partial charge in [-0.05, 0) is 37.0 Å². The van der Waals surface area contributed by atoms with Gasteiger partial charge in [0.2, 0.25) is 0 Å². The highest BCUT2D eigenvalue weighted by atomic mass is 32.1. The van der Waals surface area contributed by atoms with Crippen molar-refractivity contribution >= 4 is 39.7 Å². The maximum Gasteiger partial charge on any atom is 0.348 e. The van der Waals surface area contributed by atoms with Gasteiger partial charge in [0.15, 0.2) is 0 Å². The molecule has 0 radical (unpaired) electrons. The summed E-state index contributed by atoms with van der Waals surface area (Å²) in [5.74, 6) is -0.656. The molecule has 100 valence electrons. The minimum absolute atomic E-state index is 0.286. The van der Waals surface area contributed by atoms with Crippen LogP contribution >= 0.6 is 22.9 Å². The summed E-state index contributed by atoms with van der Waals surface area (Å²) in [7, 11) is 0. The maximum atomic E-state index is 11.8. The van der Waals surface area contributed by atoms with Gasteiger partial charge in [0.05, 0.1) is 17.8 Å². The molecule has 0 fully saturated rings. The van der Waals surface area contributed by atoms with Crippen molar-refractivity contribution in [2.75, 3.05) is 11.9 Å². The van der Waals surface area contributed by atoms with Crippen LogP contribution < -0.4 is 5.32 Å². The molecule has 0 spiro atoms. The normalized spacial score (nSPS) is 10.2. The third-order valence-electron chi connectivity index (χ3n) is 2.20. The van der Waals surface area contributed by atoms with E-state index < -0.39 is 0 Å². The third kappa shape index (κ3) is 3.15. The average molecular weight is 297 g/mol. The van der Waals surface area contributed by atoms with Crippen LogP contribution in [0.25, 0.3) is 0 Å². The van der Waals surface area contributed by atoms with Crippen LogP contribution in [0.15, 0.2) is 12.3 Å². The Hall–Kier alpha value is -1.80. The lowest BCUT2D eigenvalue weighted by atomic mass is 10.3. The average Bonchev–Trinajstić information content (AvgIpc) is 2.99. The van der Waals surface area contributed by atoms with E-state index in [-0.39, 0.29) is 11.9 Å². The van der Waals surface area contributed by atoms with Gasteiger partial charge in [0.25, 0.3) is 5.91 Å². The Kier molecular flexibility index (Phi) is 4.23. The Bertz CT molecular complexity index is 592. The Morgan fingerprint density at radius 1 is 1.47 bits per heavy atom. The molecule has 1 N–H and O–H groups in total. The second-order valence-corrected chi connectivity index (χ2v) is 5.42. The van der Waals surface area contributed by atoms with E-state index in [0.717, 1.165) is 17.1 Å². The zero-order valence-electron chi connectivity index (χ0n) is 10.3. The fraction of sp³-hybridized carbons (Fsp3) is 0.273. The zero-order valence-corrected chi connectivity index (χ0v) is 11.9. The molecule has 0 bridgehead atoms. The molecule has 0 aliphatic rings. The van der Waals surface area contributed by atoms with Gasteiger partial charge < -0.3 is 10.1 Å². The third-order valence-corrected chi connectivity index (χ3v) is 4.00. The summed E-state index contributed by atoms with van der Waals surface area (Å²) in [6.07, 6.45) is 1.40. The number of amides is 1. The van der Waals surface area contributed by atoms with Crippen molar-refractivity contribution in [2.24, 2.45) is 0 Å². The van der Waals surface area contributed by atoms with Crippen LogP contribution in [0.4, 0.5) is 5.00 Å². The Morgan fingerprint density at radius 3 is 2.89 bits per heavy atom. The van der Waals surface area contributed by atoms with Gasteiger partial charge in [-0.15, -0.1) is 16.4 Å². The number of hydrogen-bond donors (Lipinski definition) is 1. The summed E-state index contributed by atoms with van der Waals surface area (Å²) < 4.78 is 8.56. The Morgan fingerprint density at radius 2 is 2.26 bits per heavy atom. The van der Waals surface area contributed by atoms with Crippen LogP contribution in [-0.2, 0) is 4.74 Å². The minimum Gasteiger partial charge on any atom is -0.462 e. The molecule has 2 heterocycles. The standard InChI is InChI=1S/C11H11N3O3S2/c1-3-17-11(16)9-6(2)4-8(18-9)13-10(15)7-5-12-14-19-7/h4-5H,3H2,1-2H3,(H,13,15). The van der Waals surface area contributed by atoms with Crippen LogP contribution in [-0.4, -0.2) is 28.1 Å². The van der Waals surface area contributed by atoms with E-state index in [1.54, 1.807) is 19.9 Å². The van der Waals surface area contributed by atoms with Crippen LogP contribution in [0.5, 0.6) is 0 Å². The first-order valence-corrected chi connectivity index (χ1v) is 7.07. The highest BCUT2D eigenvalue weighted by molar-refractivity contribution is 7.18. The van der Waals surface area contributed by atoms with E-state index in [2.05, 4.69) is 14.9 Å². The van der Waals surface area contributed by atoms with Gasteiger partial charge in [0, 0.05) is 0 Å². The number of aromatic nitrogens is 2. The van der Waals surface area contributed by atoms with Crippen LogP contribution in [0.1, 0.15) is 31.8 Å². The van der Waals surface area contributed by atoms with Gasteiger partial charge in [-0.1, -0.05) is 4.49 Å². The number of carbonyl (C=O) groups is 2. The molecule has 19 heavy (non-hydrogen) atoms. The lowest BCUT2D eigenvalue weighted by molar-refractivity contribution is 0.0531. The lowest BCUT2D eigenvalue weighted by Gasteiger charge is -1.99. The molecule has 0 saturated heterocycles. The molecule has 0 aromatic carbocycles. The largest absolute Gasteiger partial charge is 0.462 e. The summed E-state index contributed by atoms with van der Waals surface area (Å²) in [5, 5.41) is 6.90. The van der Waals surface area contributed by atoms with E-state index in [1.165, 1.54) is 17.5 Å². The molecule has 2 aromatic heterocycles. The lowest BCUT2D eigenvalue weighted by Crippen LogP contribution is -2.08.